The SMILES string of the molecule is Cc1ccc(Cl)cc1NC(=O)[C@H]1CCCN1C(=O)OCc1ccccc1. The number of carbonyl (C=O) groups is 2. The standard InChI is InChI=1S/C20H21ClN2O3/c1-14-9-10-16(21)12-17(14)22-19(24)18-8-5-11-23(18)20(25)26-13-15-6-3-2-4-7-15/h2-4,6-7,9-10,12,18H,5,8,11,13H2,1H3,(H,22,24)/t18-/m1/s1. The Morgan fingerprint density at radius 3 is 2.77 bits per heavy atom. The molecule has 0 bridgehead atoms. The van der Waals surface area contributed by atoms with Crippen LogP contribution in [0.3, 0.4) is 0 Å². The molecule has 1 aliphatic rings. The maximum Gasteiger partial charge on any atom is 0.410 e. The third-order valence-corrected chi connectivity index (χ3v) is 4.69. The molecule has 0 aromatic heterocycles. The number of likely N-dealkylation sites (tertiary alicyclic amines) is 1. The zero-order valence-electron chi connectivity index (χ0n) is 14.6. The number of amides is 2. The molecule has 0 spiro atoms. The highest BCUT2D eigenvalue weighted by Gasteiger charge is 2.35. The molecule has 0 aliphatic carbocycles. The van der Waals surface area contributed by atoms with E-state index in [0.717, 1.165) is 17.5 Å². The van der Waals surface area contributed by atoms with Crippen LogP contribution >= 0.6 is 11.6 Å². The number of ether oxygens (including phenoxy) is 1. The summed E-state index contributed by atoms with van der Waals surface area (Å²) in [5, 5.41) is 3.43. The van der Waals surface area contributed by atoms with Gasteiger partial charge in [-0.1, -0.05) is 48.0 Å². The van der Waals surface area contributed by atoms with Gasteiger partial charge in [-0.25, -0.2) is 4.79 Å². The Labute approximate surface area is 157 Å². The number of hydrogen-bond donors (Lipinski definition) is 1. The molecule has 1 atom stereocenters. The first-order chi connectivity index (χ1) is 12.5. The summed E-state index contributed by atoms with van der Waals surface area (Å²) in [5.41, 5.74) is 2.49. The van der Waals surface area contributed by atoms with Crippen LogP contribution in [0, 0.1) is 6.92 Å². The Kier molecular flexibility index (Phi) is 5.78. The summed E-state index contributed by atoms with van der Waals surface area (Å²) >= 11 is 6.00. The van der Waals surface area contributed by atoms with Crippen LogP contribution in [0.4, 0.5) is 10.5 Å². The smallest absolute Gasteiger partial charge is 0.410 e. The number of carbonyl (C=O) groups excluding carboxylic acids is 2. The number of nitrogens with one attached hydrogen (secondary N) is 1. The predicted molar refractivity (Wildman–Crippen MR) is 101 cm³/mol. The molecule has 2 amide bonds. The van der Waals surface area contributed by atoms with Gasteiger partial charge in [-0.3, -0.25) is 9.69 Å². The van der Waals surface area contributed by atoms with Gasteiger partial charge in [0, 0.05) is 17.3 Å². The molecular weight excluding hydrogens is 352 g/mol. The largest absolute Gasteiger partial charge is 0.445 e. The third kappa shape index (κ3) is 4.35. The van der Waals surface area contributed by atoms with E-state index in [9.17, 15) is 9.59 Å². The summed E-state index contributed by atoms with van der Waals surface area (Å²) in [6.45, 7) is 2.60. The van der Waals surface area contributed by atoms with Crippen LogP contribution in [-0.2, 0) is 16.1 Å². The van der Waals surface area contributed by atoms with E-state index in [2.05, 4.69) is 5.32 Å². The van der Waals surface area contributed by atoms with Crippen LogP contribution in [0.15, 0.2) is 48.5 Å². The lowest BCUT2D eigenvalue weighted by Crippen LogP contribution is -2.43. The van der Waals surface area contributed by atoms with E-state index >= 15 is 0 Å². The van der Waals surface area contributed by atoms with Gasteiger partial charge in [0.05, 0.1) is 0 Å². The molecule has 6 heteroatoms. The minimum Gasteiger partial charge on any atom is -0.445 e. The third-order valence-electron chi connectivity index (χ3n) is 4.45. The first kappa shape index (κ1) is 18.3. The lowest BCUT2D eigenvalue weighted by molar-refractivity contribution is -0.120. The number of anilines is 1. The Hall–Kier alpha value is -2.53. The summed E-state index contributed by atoms with van der Waals surface area (Å²) in [7, 11) is 0. The second-order valence-electron chi connectivity index (χ2n) is 6.34. The molecule has 2 aromatic carbocycles. The van der Waals surface area contributed by atoms with E-state index in [1.54, 1.807) is 12.1 Å². The maximum absolute atomic E-state index is 12.7. The van der Waals surface area contributed by atoms with Crippen molar-refractivity contribution >= 4 is 29.3 Å². The van der Waals surface area contributed by atoms with Crippen LogP contribution in [0.1, 0.15) is 24.0 Å². The monoisotopic (exact) mass is 372 g/mol. The normalized spacial score (nSPS) is 16.4. The van der Waals surface area contributed by atoms with Crippen molar-refractivity contribution in [1.29, 1.82) is 0 Å². The molecule has 0 unspecified atom stereocenters. The average molecular weight is 373 g/mol. The van der Waals surface area contributed by atoms with Crippen LogP contribution in [0.2, 0.25) is 5.02 Å². The first-order valence-electron chi connectivity index (χ1n) is 8.59. The number of halogens is 1. The van der Waals surface area contributed by atoms with Gasteiger partial charge in [-0.2, -0.15) is 0 Å². The summed E-state index contributed by atoms with van der Waals surface area (Å²) < 4.78 is 5.37. The predicted octanol–water partition coefficient (Wildman–Crippen LogP) is 4.39. The maximum atomic E-state index is 12.7. The highest BCUT2D eigenvalue weighted by Crippen LogP contribution is 2.24. The fourth-order valence-corrected chi connectivity index (χ4v) is 3.18. The van der Waals surface area contributed by atoms with Gasteiger partial charge in [-0.05, 0) is 43.0 Å². The van der Waals surface area contributed by atoms with E-state index in [-0.39, 0.29) is 12.5 Å². The zero-order valence-corrected chi connectivity index (χ0v) is 15.3. The van der Waals surface area contributed by atoms with E-state index in [1.807, 2.05) is 43.3 Å². The molecule has 2 aromatic rings. The number of nitrogens with zero attached hydrogens (tertiary/aromatic N) is 1. The minimum absolute atomic E-state index is 0.192. The van der Waals surface area contributed by atoms with Crippen molar-refractivity contribution in [3.05, 3.63) is 64.7 Å². The van der Waals surface area contributed by atoms with Gasteiger partial charge in [0.15, 0.2) is 0 Å². The van der Waals surface area contributed by atoms with Gasteiger partial charge in [0.1, 0.15) is 12.6 Å². The van der Waals surface area contributed by atoms with Crippen LogP contribution in [0.5, 0.6) is 0 Å². The molecule has 136 valence electrons. The zero-order chi connectivity index (χ0) is 18.5. The van der Waals surface area contributed by atoms with Crippen molar-refractivity contribution in [1.82, 2.24) is 4.90 Å². The molecule has 1 saturated heterocycles. The van der Waals surface area contributed by atoms with Crippen LogP contribution in [-0.4, -0.2) is 29.5 Å². The molecule has 1 N–H and O–H groups in total. The molecule has 26 heavy (non-hydrogen) atoms. The van der Waals surface area contributed by atoms with Crippen molar-refractivity contribution in [3.63, 3.8) is 0 Å². The molecule has 0 saturated carbocycles. The lowest BCUT2D eigenvalue weighted by atomic mass is 10.1. The summed E-state index contributed by atoms with van der Waals surface area (Å²) in [5.74, 6) is -0.218. The van der Waals surface area contributed by atoms with Crippen molar-refractivity contribution in [2.24, 2.45) is 0 Å². The Morgan fingerprint density at radius 1 is 1.23 bits per heavy atom. The Bertz CT molecular complexity index is 795. The van der Waals surface area contributed by atoms with E-state index in [0.29, 0.717) is 23.7 Å². The average Bonchev–Trinajstić information content (AvgIpc) is 3.13. The highest BCUT2D eigenvalue weighted by atomic mass is 35.5. The molecule has 0 radical (unpaired) electrons. The highest BCUT2D eigenvalue weighted by molar-refractivity contribution is 6.31. The lowest BCUT2D eigenvalue weighted by Gasteiger charge is -2.23. The van der Waals surface area contributed by atoms with Gasteiger partial charge in [-0.15, -0.1) is 0 Å². The van der Waals surface area contributed by atoms with E-state index < -0.39 is 12.1 Å². The first-order valence-corrected chi connectivity index (χ1v) is 8.97. The van der Waals surface area contributed by atoms with Gasteiger partial charge < -0.3 is 10.1 Å². The van der Waals surface area contributed by atoms with Crippen molar-refractivity contribution in [2.45, 2.75) is 32.4 Å². The molecule has 1 fully saturated rings. The van der Waals surface area contributed by atoms with E-state index in [1.165, 1.54) is 4.90 Å². The van der Waals surface area contributed by atoms with Crippen LogP contribution in [0.25, 0.3) is 0 Å². The van der Waals surface area contributed by atoms with Gasteiger partial charge in [0.25, 0.3) is 0 Å². The second-order valence-corrected chi connectivity index (χ2v) is 6.78. The van der Waals surface area contributed by atoms with Gasteiger partial charge >= 0.3 is 6.09 Å². The summed E-state index contributed by atoms with van der Waals surface area (Å²) in [4.78, 5) is 26.6. The Balaban J connectivity index is 1.62. The number of aryl methyl sites for hydroxylation is 1. The topological polar surface area (TPSA) is 58.6 Å². The molecule has 1 aliphatic heterocycles. The fourth-order valence-electron chi connectivity index (χ4n) is 3.00. The fraction of sp³-hybridized carbons (Fsp3) is 0.300. The minimum atomic E-state index is -0.531. The number of rotatable bonds is 4. The molecule has 5 nitrogen and oxygen atoms in total. The summed E-state index contributed by atoms with van der Waals surface area (Å²) in [6.07, 6.45) is 0.924. The molecule has 3 rings (SSSR count). The molecular formula is C20H21ClN2O3. The number of hydrogen-bond acceptors (Lipinski definition) is 3. The number of benzene rings is 2. The van der Waals surface area contributed by atoms with Crippen molar-refractivity contribution in [2.75, 3.05) is 11.9 Å². The Morgan fingerprint density at radius 2 is 2.00 bits per heavy atom. The van der Waals surface area contributed by atoms with E-state index in [4.69, 9.17) is 16.3 Å². The quantitative estimate of drug-likeness (QED) is 0.865. The van der Waals surface area contributed by atoms with Gasteiger partial charge in [0.2, 0.25) is 5.91 Å². The van der Waals surface area contributed by atoms with Crippen molar-refractivity contribution < 1.29 is 14.3 Å². The molecule has 1 heterocycles. The van der Waals surface area contributed by atoms with Crippen LogP contribution < -0.4 is 5.32 Å². The summed E-state index contributed by atoms with van der Waals surface area (Å²) in [6, 6.07) is 14.3. The van der Waals surface area contributed by atoms with Crippen molar-refractivity contribution in [3.8, 4) is 0 Å². The second kappa shape index (κ2) is 8.23.